The average molecular weight is 519 g/mol. The summed E-state index contributed by atoms with van der Waals surface area (Å²) in [6, 6.07) is 11.8. The molecule has 0 aliphatic carbocycles. The van der Waals surface area contributed by atoms with E-state index in [1.54, 1.807) is 0 Å². The topological polar surface area (TPSA) is 58.1 Å². The molecule has 0 atom stereocenters. The summed E-state index contributed by atoms with van der Waals surface area (Å²) in [6.45, 7) is 14.8. The number of carbonyl (C=O) groups is 1. The van der Waals surface area contributed by atoms with Gasteiger partial charge in [-0.15, -0.1) is 12.4 Å². The maximum atomic E-state index is 13.7. The SMILES string of the molecule is CCN(CC)CCN(C(=O)c1ccc(N(CC)CC)cc1)c1nc2cc3c(cc2s1)OCCO3.Cl. The molecule has 1 amide bonds. The van der Waals surface area contributed by atoms with Crippen LogP contribution in [0.5, 0.6) is 11.5 Å². The zero-order chi connectivity index (χ0) is 24.1. The second kappa shape index (κ2) is 12.4. The summed E-state index contributed by atoms with van der Waals surface area (Å²) < 4.78 is 12.4. The summed E-state index contributed by atoms with van der Waals surface area (Å²) in [4.78, 5) is 24.9. The number of ether oxygens (including phenoxy) is 2. The Morgan fingerprint density at radius 2 is 1.54 bits per heavy atom. The van der Waals surface area contributed by atoms with Crippen LogP contribution < -0.4 is 19.3 Å². The van der Waals surface area contributed by atoms with Gasteiger partial charge in [0.15, 0.2) is 16.6 Å². The van der Waals surface area contributed by atoms with Crippen molar-refractivity contribution in [1.29, 1.82) is 0 Å². The molecule has 3 aromatic rings. The molecule has 0 unspecified atom stereocenters. The highest BCUT2D eigenvalue weighted by Crippen LogP contribution is 2.39. The number of hydrogen-bond donors (Lipinski definition) is 0. The minimum Gasteiger partial charge on any atom is -0.486 e. The van der Waals surface area contributed by atoms with E-state index in [1.165, 1.54) is 11.3 Å². The van der Waals surface area contributed by atoms with Crippen LogP contribution in [-0.4, -0.2) is 68.3 Å². The number of aromatic nitrogens is 1. The van der Waals surface area contributed by atoms with Crippen molar-refractivity contribution in [1.82, 2.24) is 9.88 Å². The Bertz CT molecular complexity index is 1070. The third-order valence-electron chi connectivity index (χ3n) is 6.29. The van der Waals surface area contributed by atoms with Crippen molar-refractivity contribution in [2.45, 2.75) is 27.7 Å². The van der Waals surface area contributed by atoms with Crippen molar-refractivity contribution in [3.8, 4) is 11.5 Å². The van der Waals surface area contributed by atoms with Gasteiger partial charge in [-0.1, -0.05) is 25.2 Å². The number of halogens is 1. The molecule has 0 bridgehead atoms. The Kier molecular flexibility index (Phi) is 9.60. The van der Waals surface area contributed by atoms with Gasteiger partial charge in [-0.25, -0.2) is 4.98 Å². The Labute approximate surface area is 218 Å². The highest BCUT2D eigenvalue weighted by atomic mass is 35.5. The van der Waals surface area contributed by atoms with Crippen molar-refractivity contribution in [3.63, 3.8) is 0 Å². The van der Waals surface area contributed by atoms with Gasteiger partial charge in [0, 0.05) is 49.6 Å². The second-order valence-corrected chi connectivity index (χ2v) is 9.17. The number of nitrogens with zero attached hydrogens (tertiary/aromatic N) is 4. The number of benzene rings is 2. The molecule has 1 aliphatic rings. The molecule has 1 aromatic heterocycles. The monoisotopic (exact) mass is 518 g/mol. The molecule has 0 spiro atoms. The summed E-state index contributed by atoms with van der Waals surface area (Å²) >= 11 is 1.52. The molecular weight excluding hydrogens is 484 g/mol. The lowest BCUT2D eigenvalue weighted by molar-refractivity contribution is 0.0984. The van der Waals surface area contributed by atoms with Crippen molar-refractivity contribution >= 4 is 50.7 Å². The average Bonchev–Trinajstić information content (AvgIpc) is 3.28. The van der Waals surface area contributed by atoms with Crippen molar-refractivity contribution in [3.05, 3.63) is 42.0 Å². The van der Waals surface area contributed by atoms with E-state index in [0.29, 0.717) is 36.2 Å². The molecule has 0 saturated carbocycles. The lowest BCUT2D eigenvalue weighted by Gasteiger charge is -2.25. The lowest BCUT2D eigenvalue weighted by atomic mass is 10.1. The number of carbonyl (C=O) groups excluding carboxylic acids is 1. The number of anilines is 2. The third-order valence-corrected chi connectivity index (χ3v) is 7.34. The number of hydrogen-bond acceptors (Lipinski definition) is 7. The van der Waals surface area contributed by atoms with Gasteiger partial charge < -0.3 is 19.3 Å². The standard InChI is InChI=1S/C26H34N4O3S.ClH/c1-5-28(6-2)13-14-30(25(31)19-9-11-20(12-10-19)29(7-3)8-4)26-27-21-17-22-23(18-24(21)34-26)33-16-15-32-22;/h9-12,17-18H,5-8,13-16H2,1-4H3;1H. The van der Waals surface area contributed by atoms with Crippen molar-refractivity contribution in [2.24, 2.45) is 0 Å². The van der Waals surface area contributed by atoms with Crippen LogP contribution in [-0.2, 0) is 0 Å². The predicted molar refractivity (Wildman–Crippen MR) is 147 cm³/mol. The summed E-state index contributed by atoms with van der Waals surface area (Å²) in [6.07, 6.45) is 0. The minimum atomic E-state index is -0.0328. The number of amides is 1. The van der Waals surface area contributed by atoms with Gasteiger partial charge in [-0.05, 0) is 51.2 Å². The lowest BCUT2D eigenvalue weighted by Crippen LogP contribution is -2.38. The predicted octanol–water partition coefficient (Wildman–Crippen LogP) is 5.32. The fraction of sp³-hybridized carbons (Fsp3) is 0.462. The first kappa shape index (κ1) is 27.0. The molecule has 1 aliphatic heterocycles. The zero-order valence-corrected chi connectivity index (χ0v) is 22.6. The van der Waals surface area contributed by atoms with Crippen LogP contribution in [0, 0.1) is 0 Å². The minimum absolute atomic E-state index is 0. The van der Waals surface area contributed by atoms with Gasteiger partial charge in [0.2, 0.25) is 0 Å². The highest BCUT2D eigenvalue weighted by Gasteiger charge is 2.23. The summed E-state index contributed by atoms with van der Waals surface area (Å²) in [7, 11) is 0. The van der Waals surface area contributed by atoms with Crippen LogP contribution in [0.25, 0.3) is 10.2 Å². The maximum Gasteiger partial charge on any atom is 0.260 e. The van der Waals surface area contributed by atoms with E-state index in [0.717, 1.165) is 54.4 Å². The van der Waals surface area contributed by atoms with Gasteiger partial charge >= 0.3 is 0 Å². The highest BCUT2D eigenvalue weighted by molar-refractivity contribution is 7.22. The first-order valence-corrected chi connectivity index (χ1v) is 13.0. The van der Waals surface area contributed by atoms with E-state index in [4.69, 9.17) is 14.5 Å². The van der Waals surface area contributed by atoms with Crippen molar-refractivity contribution in [2.75, 3.05) is 62.3 Å². The molecule has 35 heavy (non-hydrogen) atoms. The molecule has 190 valence electrons. The normalized spacial score (nSPS) is 12.5. The Balaban J connectivity index is 0.00000342. The first-order chi connectivity index (χ1) is 16.6. The van der Waals surface area contributed by atoms with E-state index in [2.05, 4.69) is 37.5 Å². The Hall–Kier alpha value is -2.55. The fourth-order valence-corrected chi connectivity index (χ4v) is 5.19. The largest absolute Gasteiger partial charge is 0.486 e. The van der Waals surface area contributed by atoms with Crippen LogP contribution >= 0.6 is 23.7 Å². The zero-order valence-electron chi connectivity index (χ0n) is 21.0. The smallest absolute Gasteiger partial charge is 0.260 e. The molecule has 9 heteroatoms. The number of thiazole rings is 1. The molecule has 7 nitrogen and oxygen atoms in total. The van der Waals surface area contributed by atoms with Gasteiger partial charge in [0.1, 0.15) is 13.2 Å². The molecular formula is C26H35ClN4O3S. The molecule has 0 saturated heterocycles. The van der Waals surface area contributed by atoms with Gasteiger partial charge in [-0.2, -0.15) is 0 Å². The summed E-state index contributed by atoms with van der Waals surface area (Å²) in [5.41, 5.74) is 2.62. The van der Waals surface area contributed by atoms with Crippen LogP contribution in [0.3, 0.4) is 0 Å². The maximum absolute atomic E-state index is 13.7. The van der Waals surface area contributed by atoms with E-state index in [1.807, 2.05) is 41.3 Å². The van der Waals surface area contributed by atoms with E-state index >= 15 is 0 Å². The number of fused-ring (bicyclic) bond motifs is 2. The molecule has 2 aromatic carbocycles. The van der Waals surface area contributed by atoms with Crippen LogP contribution in [0.1, 0.15) is 38.1 Å². The van der Waals surface area contributed by atoms with E-state index < -0.39 is 0 Å². The van der Waals surface area contributed by atoms with Gasteiger partial charge in [-0.3, -0.25) is 9.69 Å². The van der Waals surface area contributed by atoms with Gasteiger partial charge in [0.25, 0.3) is 5.91 Å². The quantitative estimate of drug-likeness (QED) is 0.362. The second-order valence-electron chi connectivity index (χ2n) is 8.16. The first-order valence-electron chi connectivity index (χ1n) is 12.2. The van der Waals surface area contributed by atoms with Crippen LogP contribution in [0.15, 0.2) is 36.4 Å². The van der Waals surface area contributed by atoms with E-state index in [9.17, 15) is 4.79 Å². The molecule has 0 radical (unpaired) electrons. The summed E-state index contributed by atoms with van der Waals surface area (Å²) in [5.74, 6) is 1.42. The van der Waals surface area contributed by atoms with Crippen LogP contribution in [0.4, 0.5) is 10.8 Å². The third kappa shape index (κ3) is 6.00. The van der Waals surface area contributed by atoms with Gasteiger partial charge in [0.05, 0.1) is 10.2 Å². The van der Waals surface area contributed by atoms with Crippen molar-refractivity contribution < 1.29 is 14.3 Å². The molecule has 4 rings (SSSR count). The number of rotatable bonds is 10. The Morgan fingerprint density at radius 3 is 2.14 bits per heavy atom. The summed E-state index contributed by atoms with van der Waals surface area (Å²) in [5, 5.41) is 0.697. The van der Waals surface area contributed by atoms with Crippen LogP contribution in [0.2, 0.25) is 0 Å². The molecule has 2 heterocycles. The molecule has 0 fully saturated rings. The van der Waals surface area contributed by atoms with E-state index in [-0.39, 0.29) is 18.3 Å². The fourth-order valence-electron chi connectivity index (χ4n) is 4.19. The number of likely N-dealkylation sites (N-methyl/N-ethyl adjacent to an activating group) is 1. The molecule has 0 N–H and O–H groups in total. The Morgan fingerprint density at radius 1 is 0.914 bits per heavy atom.